The molecule has 108 valence electrons. The Morgan fingerprint density at radius 2 is 2.05 bits per heavy atom. The van der Waals surface area contributed by atoms with Crippen LogP contribution in [0.3, 0.4) is 0 Å². The first kappa shape index (κ1) is 13.2. The van der Waals surface area contributed by atoms with Crippen LogP contribution in [0.5, 0.6) is 5.88 Å². The molecule has 5 heteroatoms. The van der Waals surface area contributed by atoms with Crippen molar-refractivity contribution in [2.45, 2.75) is 39.2 Å². The highest BCUT2D eigenvalue weighted by Crippen LogP contribution is 2.39. The van der Waals surface area contributed by atoms with Crippen LogP contribution < -0.4 is 10.5 Å². The Bertz CT molecular complexity index is 622. The summed E-state index contributed by atoms with van der Waals surface area (Å²) in [7, 11) is 1.63. The molecule has 1 aliphatic carbocycles. The minimum Gasteiger partial charge on any atom is -0.481 e. The van der Waals surface area contributed by atoms with Gasteiger partial charge in [-0.3, -0.25) is 4.57 Å². The van der Waals surface area contributed by atoms with Crippen LogP contribution in [0.1, 0.15) is 39.2 Å². The van der Waals surface area contributed by atoms with Crippen LogP contribution in [0, 0.1) is 11.8 Å². The number of anilines is 1. The number of rotatable bonds is 2. The third-order valence-electron chi connectivity index (χ3n) is 4.47. The Morgan fingerprint density at radius 1 is 1.25 bits per heavy atom. The molecule has 5 nitrogen and oxygen atoms in total. The van der Waals surface area contributed by atoms with Crippen molar-refractivity contribution < 1.29 is 4.74 Å². The predicted molar refractivity (Wildman–Crippen MR) is 79.7 cm³/mol. The molecule has 1 aliphatic rings. The van der Waals surface area contributed by atoms with Crippen molar-refractivity contribution in [2.75, 3.05) is 12.8 Å². The van der Waals surface area contributed by atoms with Crippen molar-refractivity contribution in [3.63, 3.8) is 0 Å². The van der Waals surface area contributed by atoms with Gasteiger partial charge < -0.3 is 10.5 Å². The summed E-state index contributed by atoms with van der Waals surface area (Å²) in [6.07, 6.45) is 3.60. The Hall–Kier alpha value is -1.78. The summed E-state index contributed by atoms with van der Waals surface area (Å²) in [6, 6.07) is 4.13. The van der Waals surface area contributed by atoms with Gasteiger partial charge in [-0.05, 0) is 37.2 Å². The van der Waals surface area contributed by atoms with Crippen molar-refractivity contribution in [3.05, 3.63) is 12.1 Å². The number of ether oxygens (including phenoxy) is 1. The third kappa shape index (κ3) is 2.11. The molecule has 2 heterocycles. The fourth-order valence-electron chi connectivity index (χ4n) is 3.45. The fraction of sp³-hybridized carbons (Fsp3) is 0.600. The molecule has 20 heavy (non-hydrogen) atoms. The maximum atomic E-state index is 6.14. The zero-order valence-electron chi connectivity index (χ0n) is 12.3. The first-order valence-electron chi connectivity index (χ1n) is 7.28. The molecule has 0 bridgehead atoms. The molecular weight excluding hydrogens is 252 g/mol. The van der Waals surface area contributed by atoms with E-state index in [9.17, 15) is 0 Å². The standard InChI is InChI=1S/C15H22N4O/c1-9-4-6-12(10(2)8-9)19-14-11(17-15(19)16)5-7-13(18-14)20-3/h5,7,9-10,12H,4,6,8H2,1-3H3,(H2,16,17). The van der Waals surface area contributed by atoms with E-state index >= 15 is 0 Å². The number of pyridine rings is 1. The Labute approximate surface area is 119 Å². The van der Waals surface area contributed by atoms with Crippen LogP contribution in [0.25, 0.3) is 11.2 Å². The molecule has 1 fully saturated rings. The summed E-state index contributed by atoms with van der Waals surface area (Å²) in [5.74, 6) is 2.55. The predicted octanol–water partition coefficient (Wildman–Crippen LogP) is 3.02. The van der Waals surface area contributed by atoms with Crippen molar-refractivity contribution >= 4 is 17.1 Å². The molecular formula is C15H22N4O. The lowest BCUT2D eigenvalue weighted by atomic mass is 9.80. The molecule has 1 saturated carbocycles. The number of imidazole rings is 1. The van der Waals surface area contributed by atoms with Gasteiger partial charge in [-0.1, -0.05) is 13.8 Å². The highest BCUT2D eigenvalue weighted by molar-refractivity contribution is 5.75. The lowest BCUT2D eigenvalue weighted by molar-refractivity contribution is 0.212. The highest BCUT2D eigenvalue weighted by atomic mass is 16.5. The lowest BCUT2D eigenvalue weighted by Crippen LogP contribution is -2.25. The first-order valence-corrected chi connectivity index (χ1v) is 7.28. The summed E-state index contributed by atoms with van der Waals surface area (Å²) in [4.78, 5) is 8.98. The summed E-state index contributed by atoms with van der Waals surface area (Å²) in [5, 5.41) is 0. The van der Waals surface area contributed by atoms with Gasteiger partial charge in [0.2, 0.25) is 11.8 Å². The van der Waals surface area contributed by atoms with Crippen LogP contribution in [0.15, 0.2) is 12.1 Å². The van der Waals surface area contributed by atoms with Gasteiger partial charge in [0.25, 0.3) is 0 Å². The number of nitrogen functional groups attached to an aromatic ring is 1. The first-order chi connectivity index (χ1) is 9.60. The van der Waals surface area contributed by atoms with E-state index in [1.165, 1.54) is 12.8 Å². The van der Waals surface area contributed by atoms with E-state index in [1.807, 2.05) is 12.1 Å². The molecule has 0 aliphatic heterocycles. The van der Waals surface area contributed by atoms with Crippen LogP contribution in [0.4, 0.5) is 5.95 Å². The van der Waals surface area contributed by atoms with Crippen molar-refractivity contribution in [1.29, 1.82) is 0 Å². The van der Waals surface area contributed by atoms with E-state index in [2.05, 4.69) is 28.4 Å². The van der Waals surface area contributed by atoms with Crippen molar-refractivity contribution in [3.8, 4) is 5.88 Å². The summed E-state index contributed by atoms with van der Waals surface area (Å²) < 4.78 is 7.33. The molecule has 0 spiro atoms. The number of nitrogens with zero attached hydrogens (tertiary/aromatic N) is 3. The van der Waals surface area contributed by atoms with Crippen LogP contribution in [0.2, 0.25) is 0 Å². The smallest absolute Gasteiger partial charge is 0.215 e. The highest BCUT2D eigenvalue weighted by Gasteiger charge is 2.29. The van der Waals surface area contributed by atoms with Crippen LogP contribution in [-0.4, -0.2) is 21.6 Å². The maximum absolute atomic E-state index is 6.14. The second kappa shape index (κ2) is 4.96. The third-order valence-corrected chi connectivity index (χ3v) is 4.47. The van der Waals surface area contributed by atoms with Crippen LogP contribution >= 0.6 is 0 Å². The SMILES string of the molecule is COc1ccc2nc(N)n(C3CCC(C)CC3C)c2n1. The summed E-state index contributed by atoms with van der Waals surface area (Å²) >= 11 is 0. The molecule has 2 N–H and O–H groups in total. The summed E-state index contributed by atoms with van der Waals surface area (Å²) in [5.41, 5.74) is 7.83. The zero-order valence-corrected chi connectivity index (χ0v) is 12.3. The minimum atomic E-state index is 0.385. The van der Waals surface area contributed by atoms with E-state index in [0.717, 1.165) is 23.5 Å². The van der Waals surface area contributed by atoms with Crippen molar-refractivity contribution in [2.24, 2.45) is 11.8 Å². The number of methoxy groups -OCH3 is 1. The summed E-state index contributed by atoms with van der Waals surface area (Å²) in [6.45, 7) is 4.62. The Morgan fingerprint density at radius 3 is 2.75 bits per heavy atom. The molecule has 0 amide bonds. The average Bonchev–Trinajstić information content (AvgIpc) is 2.74. The van der Waals surface area contributed by atoms with Crippen molar-refractivity contribution in [1.82, 2.24) is 14.5 Å². The molecule has 3 atom stereocenters. The maximum Gasteiger partial charge on any atom is 0.215 e. The number of nitrogens with two attached hydrogens (primary N) is 1. The van der Waals surface area contributed by atoms with Gasteiger partial charge in [0.15, 0.2) is 5.65 Å². The van der Waals surface area contributed by atoms with Gasteiger partial charge in [-0.15, -0.1) is 0 Å². The quantitative estimate of drug-likeness (QED) is 0.914. The normalized spacial score (nSPS) is 26.9. The van der Waals surface area contributed by atoms with Gasteiger partial charge in [0.05, 0.1) is 7.11 Å². The Kier molecular flexibility index (Phi) is 3.28. The second-order valence-electron chi connectivity index (χ2n) is 6.00. The minimum absolute atomic E-state index is 0.385. The topological polar surface area (TPSA) is 66.0 Å². The largest absolute Gasteiger partial charge is 0.481 e. The van der Waals surface area contributed by atoms with E-state index in [0.29, 0.717) is 23.8 Å². The van der Waals surface area contributed by atoms with Gasteiger partial charge in [0, 0.05) is 12.1 Å². The van der Waals surface area contributed by atoms with Gasteiger partial charge in [-0.25, -0.2) is 4.98 Å². The molecule has 3 unspecified atom stereocenters. The van der Waals surface area contributed by atoms with E-state index in [1.54, 1.807) is 7.11 Å². The lowest BCUT2D eigenvalue weighted by Gasteiger charge is -2.34. The molecule has 2 aromatic heterocycles. The molecule has 0 saturated heterocycles. The zero-order chi connectivity index (χ0) is 14.3. The number of hydrogen-bond donors (Lipinski definition) is 1. The van der Waals surface area contributed by atoms with Gasteiger partial charge >= 0.3 is 0 Å². The Balaban J connectivity index is 2.07. The molecule has 0 radical (unpaired) electrons. The number of fused-ring (bicyclic) bond motifs is 1. The number of aromatic nitrogens is 3. The van der Waals surface area contributed by atoms with Crippen LogP contribution in [-0.2, 0) is 0 Å². The molecule has 2 aromatic rings. The van der Waals surface area contributed by atoms with E-state index in [4.69, 9.17) is 10.5 Å². The molecule has 3 rings (SSSR count). The fourth-order valence-corrected chi connectivity index (χ4v) is 3.45. The molecule has 0 aromatic carbocycles. The van der Waals surface area contributed by atoms with Gasteiger partial charge in [-0.2, -0.15) is 4.98 Å². The average molecular weight is 274 g/mol. The van der Waals surface area contributed by atoms with E-state index < -0.39 is 0 Å². The van der Waals surface area contributed by atoms with E-state index in [-0.39, 0.29) is 0 Å². The monoisotopic (exact) mass is 274 g/mol. The second-order valence-corrected chi connectivity index (χ2v) is 6.00. The number of hydrogen-bond acceptors (Lipinski definition) is 4. The van der Waals surface area contributed by atoms with Gasteiger partial charge in [0.1, 0.15) is 5.52 Å².